The summed E-state index contributed by atoms with van der Waals surface area (Å²) in [7, 11) is -2.90. The second-order valence-electron chi connectivity index (χ2n) is 6.45. The summed E-state index contributed by atoms with van der Waals surface area (Å²) in [5.74, 6) is -1.26. The summed E-state index contributed by atoms with van der Waals surface area (Å²) in [4.78, 5) is 24.9. The van der Waals surface area contributed by atoms with Crippen molar-refractivity contribution in [3.8, 4) is 5.75 Å². The fourth-order valence-electron chi connectivity index (χ4n) is 3.02. The Morgan fingerprint density at radius 3 is 2.34 bits per heavy atom. The lowest BCUT2D eigenvalue weighted by Crippen LogP contribution is -2.32. The summed E-state index contributed by atoms with van der Waals surface area (Å²) in [6, 6.07) is 9.62. The number of carbonyl (C=O) groups is 2. The Morgan fingerprint density at radius 2 is 1.72 bits per heavy atom. The number of hydrogen-bond acceptors (Lipinski definition) is 5. The topological polar surface area (TPSA) is 125 Å². The number of nitrogens with zero attached hydrogens (tertiary/aromatic N) is 1. The molecule has 0 unspecified atom stereocenters. The quantitative estimate of drug-likeness (QED) is 0.661. The van der Waals surface area contributed by atoms with E-state index in [1.165, 1.54) is 25.3 Å². The van der Waals surface area contributed by atoms with Crippen LogP contribution >= 0.6 is 0 Å². The standard InChI is InChI=1S/C19H21N3O6S/c1-28-16-9-8-13(18(23)24)12-17(16)29(26,27)21-15-7-3-2-6-14(15)20-19(25)22-10-4-5-11-22/h2-3,6-9,12,21H,4-5,10-11H2,1H3,(H,20,25)(H,23,24). The van der Waals surface area contributed by atoms with Gasteiger partial charge >= 0.3 is 12.0 Å². The van der Waals surface area contributed by atoms with Crippen LogP contribution in [0.15, 0.2) is 47.4 Å². The molecule has 1 aliphatic rings. The minimum absolute atomic E-state index is 0.00100. The molecule has 9 nitrogen and oxygen atoms in total. The predicted octanol–water partition coefficient (Wildman–Crippen LogP) is 2.82. The van der Waals surface area contributed by atoms with E-state index >= 15 is 0 Å². The zero-order valence-electron chi connectivity index (χ0n) is 15.7. The Balaban J connectivity index is 1.90. The first-order chi connectivity index (χ1) is 13.8. The summed E-state index contributed by atoms with van der Waals surface area (Å²) in [6.07, 6.45) is 1.86. The molecule has 10 heteroatoms. The highest BCUT2D eigenvalue weighted by atomic mass is 32.2. The van der Waals surface area contributed by atoms with Crippen molar-refractivity contribution in [1.82, 2.24) is 4.90 Å². The minimum atomic E-state index is -4.19. The lowest BCUT2D eigenvalue weighted by molar-refractivity contribution is 0.0696. The second-order valence-corrected chi connectivity index (χ2v) is 8.10. The monoisotopic (exact) mass is 419 g/mol. The van der Waals surface area contributed by atoms with Gasteiger partial charge in [-0.15, -0.1) is 0 Å². The first-order valence-electron chi connectivity index (χ1n) is 8.91. The number of anilines is 2. The van der Waals surface area contributed by atoms with E-state index in [4.69, 9.17) is 9.84 Å². The van der Waals surface area contributed by atoms with E-state index in [0.29, 0.717) is 18.8 Å². The Kier molecular flexibility index (Phi) is 5.92. The van der Waals surface area contributed by atoms with Gasteiger partial charge < -0.3 is 20.1 Å². The number of ether oxygens (including phenoxy) is 1. The summed E-state index contributed by atoms with van der Waals surface area (Å²) >= 11 is 0. The van der Waals surface area contributed by atoms with Gasteiger partial charge in [0.15, 0.2) is 0 Å². The molecule has 0 atom stereocenters. The number of urea groups is 1. The summed E-state index contributed by atoms with van der Waals surface area (Å²) in [5.41, 5.74) is 0.256. The summed E-state index contributed by atoms with van der Waals surface area (Å²) in [5, 5.41) is 11.9. The highest BCUT2D eigenvalue weighted by Gasteiger charge is 2.24. The lowest BCUT2D eigenvalue weighted by Gasteiger charge is -2.19. The molecule has 0 saturated carbocycles. The van der Waals surface area contributed by atoms with Crippen LogP contribution in [0.4, 0.5) is 16.2 Å². The average molecular weight is 419 g/mol. The van der Waals surface area contributed by atoms with E-state index in [0.717, 1.165) is 18.9 Å². The van der Waals surface area contributed by atoms with Crippen molar-refractivity contribution in [1.29, 1.82) is 0 Å². The van der Waals surface area contributed by atoms with Crippen LogP contribution in [0, 0.1) is 0 Å². The molecule has 3 rings (SSSR count). The minimum Gasteiger partial charge on any atom is -0.495 e. The molecule has 154 valence electrons. The van der Waals surface area contributed by atoms with E-state index in [2.05, 4.69) is 10.0 Å². The smallest absolute Gasteiger partial charge is 0.335 e. The SMILES string of the molecule is COc1ccc(C(=O)O)cc1S(=O)(=O)Nc1ccccc1NC(=O)N1CCCC1. The molecule has 3 N–H and O–H groups in total. The number of likely N-dealkylation sites (tertiary alicyclic amines) is 1. The molecule has 0 radical (unpaired) electrons. The van der Waals surface area contributed by atoms with Gasteiger partial charge in [-0.05, 0) is 43.2 Å². The molecule has 0 aromatic heterocycles. The zero-order valence-corrected chi connectivity index (χ0v) is 16.5. The van der Waals surface area contributed by atoms with Gasteiger partial charge in [-0.2, -0.15) is 0 Å². The number of methoxy groups -OCH3 is 1. The Bertz CT molecular complexity index is 1030. The van der Waals surface area contributed by atoms with Crippen LogP contribution in [0.1, 0.15) is 23.2 Å². The van der Waals surface area contributed by atoms with E-state index in [1.807, 2.05) is 0 Å². The van der Waals surface area contributed by atoms with Gasteiger partial charge in [0.2, 0.25) is 0 Å². The van der Waals surface area contributed by atoms with Crippen molar-refractivity contribution < 1.29 is 27.9 Å². The Labute approximate surface area is 168 Å². The van der Waals surface area contributed by atoms with Crippen LogP contribution in [0.3, 0.4) is 0 Å². The van der Waals surface area contributed by atoms with E-state index in [1.54, 1.807) is 23.1 Å². The zero-order chi connectivity index (χ0) is 21.0. The van der Waals surface area contributed by atoms with E-state index < -0.39 is 16.0 Å². The number of carboxylic acids is 1. The average Bonchev–Trinajstić information content (AvgIpc) is 3.23. The fourth-order valence-corrected chi connectivity index (χ4v) is 4.29. The van der Waals surface area contributed by atoms with Gasteiger partial charge in [-0.3, -0.25) is 4.72 Å². The highest BCUT2D eigenvalue weighted by molar-refractivity contribution is 7.92. The molecular formula is C19H21N3O6S. The molecule has 0 bridgehead atoms. The van der Waals surface area contributed by atoms with Gasteiger partial charge in [0.1, 0.15) is 10.6 Å². The lowest BCUT2D eigenvalue weighted by atomic mass is 10.2. The van der Waals surface area contributed by atoms with Gasteiger partial charge in [0, 0.05) is 13.1 Å². The normalized spacial score (nSPS) is 13.8. The molecular weight excluding hydrogens is 398 g/mol. The van der Waals surface area contributed by atoms with Crippen LogP contribution in [-0.2, 0) is 10.0 Å². The third kappa shape index (κ3) is 4.60. The molecule has 2 aromatic rings. The highest BCUT2D eigenvalue weighted by Crippen LogP contribution is 2.30. The van der Waals surface area contributed by atoms with Crippen molar-refractivity contribution in [2.75, 3.05) is 30.2 Å². The number of benzene rings is 2. The largest absolute Gasteiger partial charge is 0.495 e. The van der Waals surface area contributed by atoms with Crippen LogP contribution in [0.25, 0.3) is 0 Å². The molecule has 29 heavy (non-hydrogen) atoms. The number of rotatable bonds is 6. The maximum atomic E-state index is 12.9. The van der Waals surface area contributed by atoms with Crippen molar-refractivity contribution in [2.24, 2.45) is 0 Å². The van der Waals surface area contributed by atoms with Crippen molar-refractivity contribution in [2.45, 2.75) is 17.7 Å². The van der Waals surface area contributed by atoms with Gasteiger partial charge in [-0.25, -0.2) is 18.0 Å². The molecule has 2 aromatic carbocycles. The number of nitrogens with one attached hydrogen (secondary N) is 2. The van der Waals surface area contributed by atoms with Crippen molar-refractivity contribution >= 4 is 33.4 Å². The van der Waals surface area contributed by atoms with Crippen molar-refractivity contribution in [3.63, 3.8) is 0 Å². The summed E-state index contributed by atoms with van der Waals surface area (Å²) in [6.45, 7) is 1.30. The summed E-state index contributed by atoms with van der Waals surface area (Å²) < 4.78 is 33.4. The number of sulfonamides is 1. The molecule has 0 aliphatic carbocycles. The number of carboxylic acid groups (broad SMARTS) is 1. The van der Waals surface area contributed by atoms with Gasteiger partial charge in [0.25, 0.3) is 10.0 Å². The number of amides is 2. The number of carbonyl (C=O) groups excluding carboxylic acids is 1. The molecule has 1 heterocycles. The third-order valence-electron chi connectivity index (χ3n) is 4.51. The van der Waals surface area contributed by atoms with Gasteiger partial charge in [-0.1, -0.05) is 12.1 Å². The Hall–Kier alpha value is -3.27. The van der Waals surface area contributed by atoms with Crippen LogP contribution in [0.2, 0.25) is 0 Å². The predicted molar refractivity (Wildman–Crippen MR) is 107 cm³/mol. The first-order valence-corrected chi connectivity index (χ1v) is 10.4. The van der Waals surface area contributed by atoms with Gasteiger partial charge in [0.05, 0.1) is 24.0 Å². The van der Waals surface area contributed by atoms with Crippen molar-refractivity contribution in [3.05, 3.63) is 48.0 Å². The molecule has 1 aliphatic heterocycles. The molecule has 1 saturated heterocycles. The number of aromatic carboxylic acids is 1. The second kappa shape index (κ2) is 8.39. The molecule has 1 fully saturated rings. The number of hydrogen-bond donors (Lipinski definition) is 3. The maximum absolute atomic E-state index is 12.9. The van der Waals surface area contributed by atoms with Crippen LogP contribution in [-0.4, -0.2) is 50.6 Å². The third-order valence-corrected chi connectivity index (χ3v) is 5.89. The van der Waals surface area contributed by atoms with Crippen LogP contribution < -0.4 is 14.8 Å². The maximum Gasteiger partial charge on any atom is 0.335 e. The Morgan fingerprint density at radius 1 is 1.07 bits per heavy atom. The van der Waals surface area contributed by atoms with E-state index in [-0.39, 0.29) is 27.9 Å². The fraction of sp³-hybridized carbons (Fsp3) is 0.263. The number of para-hydroxylation sites is 2. The van der Waals surface area contributed by atoms with Crippen LogP contribution in [0.5, 0.6) is 5.75 Å². The molecule has 2 amide bonds. The molecule has 0 spiro atoms. The van der Waals surface area contributed by atoms with E-state index in [9.17, 15) is 18.0 Å². The first kappa shape index (κ1) is 20.5.